The van der Waals surface area contributed by atoms with Gasteiger partial charge in [0.15, 0.2) is 0 Å². The Morgan fingerprint density at radius 1 is 0.560 bits per heavy atom. The van der Waals surface area contributed by atoms with Crippen LogP contribution in [0.25, 0.3) is 44.1 Å². The molecule has 0 spiro atoms. The molecule has 1 radical (unpaired) electrons. The fourth-order valence-corrected chi connectivity index (χ4v) is 3.58. The minimum atomic E-state index is 1.12. The summed E-state index contributed by atoms with van der Waals surface area (Å²) >= 11 is 0. The molecule has 0 aliphatic rings. The van der Waals surface area contributed by atoms with Gasteiger partial charge in [0, 0.05) is 21.9 Å². The Labute approximate surface area is 146 Å². The minimum absolute atomic E-state index is 1.12. The van der Waals surface area contributed by atoms with Gasteiger partial charge in [-0.2, -0.15) is 0 Å². The minimum Gasteiger partial charge on any atom is -0.353 e. The number of hydrogen-bond donors (Lipinski definition) is 1. The van der Waals surface area contributed by atoms with Gasteiger partial charge in [-0.1, -0.05) is 91.0 Å². The van der Waals surface area contributed by atoms with Gasteiger partial charge in [-0.05, 0) is 17.2 Å². The van der Waals surface area contributed by atoms with Gasteiger partial charge in [0.25, 0.3) is 0 Å². The number of aromatic nitrogens is 1. The molecule has 1 aromatic heterocycles. The maximum Gasteiger partial charge on any atom is 0.0551 e. The van der Waals surface area contributed by atoms with Gasteiger partial charge in [-0.15, -0.1) is 0 Å². The average molecular weight is 318 g/mol. The van der Waals surface area contributed by atoms with E-state index < -0.39 is 0 Å². The Bertz CT molecular complexity index is 1070. The van der Waals surface area contributed by atoms with Gasteiger partial charge in [0.2, 0.25) is 0 Å². The first-order valence-electron chi connectivity index (χ1n) is 8.48. The Morgan fingerprint density at radius 3 is 2.00 bits per heavy atom. The molecule has 1 heterocycles. The zero-order valence-corrected chi connectivity index (χ0v) is 13.7. The summed E-state index contributed by atoms with van der Waals surface area (Å²) in [5.41, 5.74) is 7.08. The molecule has 5 rings (SSSR count). The first kappa shape index (κ1) is 14.1. The van der Waals surface area contributed by atoms with Gasteiger partial charge in [0.05, 0.1) is 11.0 Å². The summed E-state index contributed by atoms with van der Waals surface area (Å²) in [6.07, 6.45) is 0. The number of para-hydroxylation sites is 1. The van der Waals surface area contributed by atoms with E-state index in [0.717, 1.165) is 11.1 Å². The van der Waals surface area contributed by atoms with E-state index in [9.17, 15) is 0 Å². The number of nitrogens with one attached hydrogen (secondary N) is 1. The van der Waals surface area contributed by atoms with E-state index in [1.54, 1.807) is 0 Å². The highest BCUT2D eigenvalue weighted by Crippen LogP contribution is 2.36. The average Bonchev–Trinajstić information content (AvgIpc) is 3.08. The van der Waals surface area contributed by atoms with Crippen LogP contribution in [0.1, 0.15) is 0 Å². The molecule has 1 heteroatoms. The van der Waals surface area contributed by atoms with Crippen molar-refractivity contribution in [3.63, 3.8) is 0 Å². The third-order valence-electron chi connectivity index (χ3n) is 4.75. The van der Waals surface area contributed by atoms with Crippen molar-refractivity contribution in [2.24, 2.45) is 0 Å². The van der Waals surface area contributed by atoms with E-state index in [4.69, 9.17) is 0 Å². The topological polar surface area (TPSA) is 15.8 Å². The Balaban J connectivity index is 1.85. The van der Waals surface area contributed by atoms with Crippen LogP contribution in [0.15, 0.2) is 91.0 Å². The Morgan fingerprint density at radius 2 is 1.24 bits per heavy atom. The van der Waals surface area contributed by atoms with Crippen molar-refractivity contribution in [3.8, 4) is 22.3 Å². The second-order valence-electron chi connectivity index (χ2n) is 6.23. The molecular formula is C24H16N. The summed E-state index contributed by atoms with van der Waals surface area (Å²) in [5, 5.41) is 2.49. The van der Waals surface area contributed by atoms with E-state index in [2.05, 4.69) is 89.9 Å². The van der Waals surface area contributed by atoms with Crippen molar-refractivity contribution in [1.82, 2.24) is 4.98 Å². The highest BCUT2D eigenvalue weighted by atomic mass is 14.7. The van der Waals surface area contributed by atoms with Crippen molar-refractivity contribution in [2.45, 2.75) is 0 Å². The van der Waals surface area contributed by atoms with Gasteiger partial charge in [-0.25, -0.2) is 0 Å². The molecule has 0 fully saturated rings. The molecule has 1 N–H and O–H groups in total. The summed E-state index contributed by atoms with van der Waals surface area (Å²) in [6.45, 7) is 0. The molecule has 0 unspecified atom stereocenters. The zero-order chi connectivity index (χ0) is 16.6. The first-order chi connectivity index (χ1) is 12.4. The first-order valence-corrected chi connectivity index (χ1v) is 8.48. The fraction of sp³-hybridized carbons (Fsp3) is 0. The molecule has 0 amide bonds. The van der Waals surface area contributed by atoms with E-state index >= 15 is 0 Å². The Hall–Kier alpha value is -3.32. The summed E-state index contributed by atoms with van der Waals surface area (Å²) in [7, 11) is 0. The quantitative estimate of drug-likeness (QED) is 0.384. The third kappa shape index (κ3) is 2.25. The highest BCUT2D eigenvalue weighted by molar-refractivity contribution is 6.15. The van der Waals surface area contributed by atoms with E-state index in [1.165, 1.54) is 33.0 Å². The van der Waals surface area contributed by atoms with E-state index in [-0.39, 0.29) is 0 Å². The maximum absolute atomic E-state index is 3.68. The molecule has 5 aromatic rings. The summed E-state index contributed by atoms with van der Waals surface area (Å²) in [6, 6.07) is 35.1. The lowest BCUT2D eigenvalue weighted by Crippen LogP contribution is -1.80. The second kappa shape index (κ2) is 5.64. The molecular weight excluding hydrogens is 302 g/mol. The largest absolute Gasteiger partial charge is 0.353 e. The zero-order valence-electron chi connectivity index (χ0n) is 13.7. The van der Waals surface area contributed by atoms with Crippen LogP contribution < -0.4 is 0 Å². The normalized spacial score (nSPS) is 11.2. The summed E-state index contributed by atoms with van der Waals surface area (Å²) in [5.74, 6) is 0. The number of aromatic amines is 1. The lowest BCUT2D eigenvalue weighted by atomic mass is 10.0. The summed E-state index contributed by atoms with van der Waals surface area (Å²) < 4.78 is 0. The second-order valence-corrected chi connectivity index (χ2v) is 6.23. The van der Waals surface area contributed by atoms with Crippen molar-refractivity contribution in [2.75, 3.05) is 0 Å². The number of rotatable bonds is 2. The van der Waals surface area contributed by atoms with Gasteiger partial charge >= 0.3 is 0 Å². The van der Waals surface area contributed by atoms with Crippen molar-refractivity contribution in [3.05, 3.63) is 97.1 Å². The van der Waals surface area contributed by atoms with Crippen LogP contribution in [0.4, 0.5) is 0 Å². The number of hydrogen-bond acceptors (Lipinski definition) is 0. The van der Waals surface area contributed by atoms with Crippen LogP contribution in [-0.4, -0.2) is 4.98 Å². The van der Waals surface area contributed by atoms with Crippen LogP contribution in [0.2, 0.25) is 0 Å². The highest BCUT2D eigenvalue weighted by Gasteiger charge is 2.12. The van der Waals surface area contributed by atoms with E-state index in [1.807, 2.05) is 12.1 Å². The van der Waals surface area contributed by atoms with Gasteiger partial charge in [0.1, 0.15) is 0 Å². The van der Waals surface area contributed by atoms with Crippen LogP contribution in [0, 0.1) is 6.07 Å². The van der Waals surface area contributed by atoms with Crippen LogP contribution >= 0.6 is 0 Å². The third-order valence-corrected chi connectivity index (χ3v) is 4.75. The molecule has 0 saturated carbocycles. The molecule has 0 saturated heterocycles. The monoisotopic (exact) mass is 318 g/mol. The molecule has 117 valence electrons. The molecule has 4 aromatic carbocycles. The molecule has 25 heavy (non-hydrogen) atoms. The smallest absolute Gasteiger partial charge is 0.0551 e. The number of fused-ring (bicyclic) bond motifs is 3. The molecule has 0 aliphatic heterocycles. The van der Waals surface area contributed by atoms with Gasteiger partial charge in [-0.3, -0.25) is 0 Å². The number of benzene rings is 4. The molecule has 0 bridgehead atoms. The lowest BCUT2D eigenvalue weighted by Gasteiger charge is -2.03. The van der Waals surface area contributed by atoms with Crippen LogP contribution in [0.3, 0.4) is 0 Å². The number of H-pyrrole nitrogens is 1. The SMILES string of the molecule is [c]1ccc2c([nH]c3c(-c4ccccc4)cccc32)c1-c1ccccc1. The van der Waals surface area contributed by atoms with Crippen LogP contribution in [-0.2, 0) is 0 Å². The Kier molecular flexibility index (Phi) is 3.17. The van der Waals surface area contributed by atoms with E-state index in [0.29, 0.717) is 0 Å². The van der Waals surface area contributed by atoms with Crippen molar-refractivity contribution < 1.29 is 0 Å². The van der Waals surface area contributed by atoms with Crippen molar-refractivity contribution in [1.29, 1.82) is 0 Å². The van der Waals surface area contributed by atoms with Gasteiger partial charge < -0.3 is 4.98 Å². The summed E-state index contributed by atoms with van der Waals surface area (Å²) in [4.78, 5) is 3.68. The predicted octanol–water partition coefficient (Wildman–Crippen LogP) is 6.46. The van der Waals surface area contributed by atoms with Crippen LogP contribution in [0.5, 0.6) is 0 Å². The van der Waals surface area contributed by atoms with Crippen molar-refractivity contribution >= 4 is 21.8 Å². The lowest BCUT2D eigenvalue weighted by molar-refractivity contribution is 1.52. The molecule has 0 atom stereocenters. The maximum atomic E-state index is 3.68. The molecule has 0 aliphatic carbocycles. The molecule has 1 nitrogen and oxygen atoms in total. The predicted molar refractivity (Wildman–Crippen MR) is 106 cm³/mol. The standard InChI is InChI=1S/C24H16N/c1-3-9-17(10-4-1)19-13-7-15-21-22-16-8-14-20(24(22)25-23(19)21)18-11-5-2-6-12-18/h1-13,15-16,25H. The fourth-order valence-electron chi connectivity index (χ4n) is 3.58.